The number of rotatable bonds is 4. The highest BCUT2D eigenvalue weighted by molar-refractivity contribution is 9.11. The van der Waals surface area contributed by atoms with E-state index in [-0.39, 0.29) is 17.6 Å². The molecule has 10 heteroatoms. The number of thiocarbonyl (C=S) groups is 1. The topological polar surface area (TPSA) is 79.5 Å². The van der Waals surface area contributed by atoms with E-state index in [1.165, 1.54) is 0 Å². The van der Waals surface area contributed by atoms with E-state index in [9.17, 15) is 9.59 Å². The third-order valence-electron chi connectivity index (χ3n) is 3.23. The third-order valence-corrected chi connectivity index (χ3v) is 5.40. The summed E-state index contributed by atoms with van der Waals surface area (Å²) >= 11 is 15.0. The van der Waals surface area contributed by atoms with Crippen LogP contribution >= 0.6 is 60.0 Å². The molecule has 0 aliphatic heterocycles. The van der Waals surface area contributed by atoms with Gasteiger partial charge < -0.3 is 4.74 Å². The van der Waals surface area contributed by atoms with Crippen molar-refractivity contribution in [3.63, 3.8) is 0 Å². The predicted octanol–water partition coefficient (Wildman–Crippen LogP) is 4.00. The van der Waals surface area contributed by atoms with Gasteiger partial charge in [0.2, 0.25) is 0 Å². The Bertz CT molecular complexity index is 893. The van der Waals surface area contributed by atoms with Crippen molar-refractivity contribution in [2.45, 2.75) is 6.92 Å². The summed E-state index contributed by atoms with van der Waals surface area (Å²) in [6.45, 7) is 1.68. The van der Waals surface area contributed by atoms with Gasteiger partial charge in [-0.25, -0.2) is 0 Å². The van der Waals surface area contributed by atoms with E-state index in [0.29, 0.717) is 15.8 Å². The minimum Gasteiger partial charge on any atom is -0.483 e. The van der Waals surface area contributed by atoms with Crippen molar-refractivity contribution in [3.05, 3.63) is 60.9 Å². The van der Waals surface area contributed by atoms with Crippen LogP contribution in [0.5, 0.6) is 5.75 Å². The van der Waals surface area contributed by atoms with Crippen molar-refractivity contribution in [2.75, 3.05) is 6.61 Å². The van der Waals surface area contributed by atoms with Crippen LogP contribution in [0, 0.1) is 6.92 Å². The summed E-state index contributed by atoms with van der Waals surface area (Å²) in [5.41, 5.74) is 6.35. The fourth-order valence-corrected chi connectivity index (χ4v) is 3.55. The number of benzene rings is 2. The smallest absolute Gasteiger partial charge is 0.269 e. The van der Waals surface area contributed by atoms with E-state index in [0.717, 1.165) is 14.5 Å². The van der Waals surface area contributed by atoms with Crippen LogP contribution in [0.25, 0.3) is 0 Å². The summed E-state index contributed by atoms with van der Waals surface area (Å²) in [5.74, 6) is -0.331. The van der Waals surface area contributed by atoms with Crippen LogP contribution in [-0.4, -0.2) is 23.5 Å². The zero-order valence-corrected chi connectivity index (χ0v) is 19.5. The fraction of sp³-hybridized carbons (Fsp3) is 0.118. The van der Waals surface area contributed by atoms with E-state index >= 15 is 0 Å². The number of carbonyl (C=O) groups is 2. The summed E-state index contributed by atoms with van der Waals surface area (Å²) < 4.78 is 7.83. The lowest BCUT2D eigenvalue weighted by Crippen LogP contribution is -2.49. The Morgan fingerprint density at radius 2 is 1.78 bits per heavy atom. The van der Waals surface area contributed by atoms with Gasteiger partial charge in [-0.1, -0.05) is 37.9 Å². The number of aryl methyl sites for hydroxylation is 1. The second-order valence-electron chi connectivity index (χ2n) is 5.28. The average Bonchev–Trinajstić information content (AvgIpc) is 2.61. The highest BCUT2D eigenvalue weighted by atomic mass is 79.9. The molecule has 142 valence electrons. The number of halogens is 3. The molecule has 0 unspecified atom stereocenters. The van der Waals surface area contributed by atoms with Gasteiger partial charge in [-0.3, -0.25) is 25.8 Å². The van der Waals surface area contributed by atoms with Crippen LogP contribution in [0.1, 0.15) is 15.9 Å². The summed E-state index contributed by atoms with van der Waals surface area (Å²) in [4.78, 5) is 24.0. The van der Waals surface area contributed by atoms with Gasteiger partial charge in [-0.05, 0) is 71.0 Å². The molecule has 0 atom stereocenters. The summed E-state index contributed by atoms with van der Waals surface area (Å²) in [7, 11) is 0. The molecule has 0 radical (unpaired) electrons. The zero-order chi connectivity index (χ0) is 20.0. The Labute approximate surface area is 186 Å². The molecule has 2 aromatic rings. The van der Waals surface area contributed by atoms with Gasteiger partial charge >= 0.3 is 0 Å². The normalized spacial score (nSPS) is 10.1. The number of hydrazine groups is 1. The molecule has 27 heavy (non-hydrogen) atoms. The molecule has 0 aliphatic carbocycles. The standard InChI is InChI=1S/C17H14Br3N3O3S/c1-9-2-3-10(6-12(9)19)16(25)22-23-17(27)21-15(24)8-26-14-5-4-11(18)7-13(14)20/h2-7H,8H2,1H3,(H,22,25)(H2,21,23,24,27). The third kappa shape index (κ3) is 6.87. The van der Waals surface area contributed by atoms with Crippen molar-refractivity contribution in [2.24, 2.45) is 0 Å². The van der Waals surface area contributed by atoms with E-state index in [1.54, 1.807) is 30.3 Å². The number of carbonyl (C=O) groups excluding carboxylic acids is 2. The van der Waals surface area contributed by atoms with Crippen LogP contribution in [0.15, 0.2) is 49.8 Å². The zero-order valence-electron chi connectivity index (χ0n) is 13.9. The monoisotopic (exact) mass is 577 g/mol. The van der Waals surface area contributed by atoms with E-state index in [2.05, 4.69) is 64.0 Å². The summed E-state index contributed by atoms with van der Waals surface area (Å²) in [6.07, 6.45) is 0. The van der Waals surface area contributed by atoms with Crippen molar-refractivity contribution in [1.82, 2.24) is 16.2 Å². The predicted molar refractivity (Wildman–Crippen MR) is 118 cm³/mol. The Hall–Kier alpha value is -1.49. The molecule has 0 saturated carbocycles. The number of hydrogen-bond acceptors (Lipinski definition) is 4. The number of nitrogens with one attached hydrogen (secondary N) is 3. The lowest BCUT2D eigenvalue weighted by Gasteiger charge is -2.12. The van der Waals surface area contributed by atoms with E-state index in [1.807, 2.05) is 13.0 Å². The van der Waals surface area contributed by atoms with Crippen LogP contribution in [-0.2, 0) is 4.79 Å². The number of hydrogen-bond donors (Lipinski definition) is 3. The molecule has 2 aromatic carbocycles. The molecule has 0 aliphatic rings. The van der Waals surface area contributed by atoms with Crippen LogP contribution < -0.4 is 20.9 Å². The second kappa shape index (κ2) is 10.2. The average molecular weight is 580 g/mol. The molecule has 0 saturated heterocycles. The molecule has 0 fully saturated rings. The quantitative estimate of drug-likeness (QED) is 0.377. The highest BCUT2D eigenvalue weighted by Crippen LogP contribution is 2.28. The highest BCUT2D eigenvalue weighted by Gasteiger charge is 2.10. The molecule has 3 N–H and O–H groups in total. The first-order valence-electron chi connectivity index (χ1n) is 7.50. The Kier molecular flexibility index (Phi) is 8.21. The molecule has 6 nitrogen and oxygen atoms in total. The summed E-state index contributed by atoms with van der Waals surface area (Å²) in [5, 5.41) is 2.37. The lowest BCUT2D eigenvalue weighted by atomic mass is 10.1. The molecule has 0 heterocycles. The van der Waals surface area contributed by atoms with Gasteiger partial charge in [0.05, 0.1) is 4.47 Å². The van der Waals surface area contributed by atoms with E-state index < -0.39 is 5.91 Å². The number of amides is 2. The molecule has 2 rings (SSSR count). The van der Waals surface area contributed by atoms with Crippen molar-refractivity contribution >= 4 is 76.9 Å². The van der Waals surface area contributed by atoms with Crippen molar-refractivity contribution in [3.8, 4) is 5.75 Å². The second-order valence-corrected chi connectivity index (χ2v) is 8.32. The van der Waals surface area contributed by atoms with Gasteiger partial charge in [0.15, 0.2) is 11.7 Å². The van der Waals surface area contributed by atoms with Crippen molar-refractivity contribution < 1.29 is 14.3 Å². The van der Waals surface area contributed by atoms with Gasteiger partial charge in [-0.15, -0.1) is 0 Å². The van der Waals surface area contributed by atoms with Crippen LogP contribution in [0.2, 0.25) is 0 Å². The maximum atomic E-state index is 12.1. The Morgan fingerprint density at radius 1 is 1.04 bits per heavy atom. The fourth-order valence-electron chi connectivity index (χ4n) is 1.85. The lowest BCUT2D eigenvalue weighted by molar-refractivity contribution is -0.121. The summed E-state index contributed by atoms with van der Waals surface area (Å²) in [6, 6.07) is 10.5. The molecule has 2 amide bonds. The Morgan fingerprint density at radius 3 is 2.44 bits per heavy atom. The molecular formula is C17H14Br3N3O3S. The first kappa shape index (κ1) is 21.8. The van der Waals surface area contributed by atoms with Gasteiger partial charge in [0.1, 0.15) is 5.75 Å². The first-order valence-corrected chi connectivity index (χ1v) is 10.3. The first-order chi connectivity index (χ1) is 12.8. The van der Waals surface area contributed by atoms with E-state index in [4.69, 9.17) is 17.0 Å². The molecule has 0 aromatic heterocycles. The maximum absolute atomic E-state index is 12.1. The minimum absolute atomic E-state index is 0.0435. The van der Waals surface area contributed by atoms with Gasteiger partial charge in [0.25, 0.3) is 11.8 Å². The minimum atomic E-state index is -0.463. The maximum Gasteiger partial charge on any atom is 0.269 e. The SMILES string of the molecule is Cc1ccc(C(=O)NNC(=S)NC(=O)COc2ccc(Br)cc2Br)cc1Br. The number of ether oxygens (including phenoxy) is 1. The van der Waals surface area contributed by atoms with Gasteiger partial charge in [0, 0.05) is 14.5 Å². The molecule has 0 spiro atoms. The Balaban J connectivity index is 1.78. The molecular weight excluding hydrogens is 566 g/mol. The largest absolute Gasteiger partial charge is 0.483 e. The van der Waals surface area contributed by atoms with Crippen LogP contribution in [0.3, 0.4) is 0 Å². The van der Waals surface area contributed by atoms with Crippen molar-refractivity contribution in [1.29, 1.82) is 0 Å². The molecule has 0 bridgehead atoms. The van der Waals surface area contributed by atoms with Gasteiger partial charge in [-0.2, -0.15) is 0 Å². The van der Waals surface area contributed by atoms with Crippen LogP contribution in [0.4, 0.5) is 0 Å².